The van der Waals surface area contributed by atoms with Crippen LogP contribution in [0.25, 0.3) is 0 Å². The fourth-order valence-corrected chi connectivity index (χ4v) is 3.02. The monoisotopic (exact) mass is 246 g/mol. The average molecular weight is 246 g/mol. The summed E-state index contributed by atoms with van der Waals surface area (Å²) >= 11 is 0. The Kier molecular flexibility index (Phi) is 4.98. The van der Waals surface area contributed by atoms with Crippen molar-refractivity contribution in [3.63, 3.8) is 0 Å². The second-order valence-corrected chi connectivity index (χ2v) is 5.57. The summed E-state index contributed by atoms with van der Waals surface area (Å²) in [6.07, 6.45) is 9.58. The fourth-order valence-electron chi connectivity index (χ4n) is 3.02. The van der Waals surface area contributed by atoms with Gasteiger partial charge in [-0.1, -0.05) is 35.9 Å². The van der Waals surface area contributed by atoms with Gasteiger partial charge in [0, 0.05) is 0 Å². The molecule has 1 aromatic rings. The van der Waals surface area contributed by atoms with Crippen molar-refractivity contribution in [1.29, 1.82) is 0 Å². The van der Waals surface area contributed by atoms with Gasteiger partial charge < -0.3 is 0 Å². The third kappa shape index (κ3) is 3.69. The molecule has 0 atom stereocenters. The summed E-state index contributed by atoms with van der Waals surface area (Å²) in [6, 6.07) is 9.00. The largest absolute Gasteiger partial charge is 0.216 e. The van der Waals surface area contributed by atoms with Crippen LogP contribution in [-0.4, -0.2) is 0 Å². The predicted octanol–water partition coefficient (Wildman–Crippen LogP) is 5.53. The van der Waals surface area contributed by atoms with Crippen LogP contribution in [-0.2, 0) is 0 Å². The molecule has 0 nitrogen and oxygen atoms in total. The van der Waals surface area contributed by atoms with Crippen molar-refractivity contribution in [2.45, 2.75) is 51.4 Å². The van der Waals surface area contributed by atoms with E-state index in [-0.39, 0.29) is 0 Å². The molecule has 1 fully saturated rings. The smallest absolute Gasteiger partial charge is 0.0827 e. The molecule has 0 spiro atoms. The predicted molar refractivity (Wildman–Crippen MR) is 75.4 cm³/mol. The first-order valence-electron chi connectivity index (χ1n) is 7.11. The molecule has 1 heteroatoms. The zero-order valence-electron chi connectivity index (χ0n) is 11.2. The highest BCUT2D eigenvalue weighted by atomic mass is 19.1. The summed E-state index contributed by atoms with van der Waals surface area (Å²) < 4.78 is 11.9. The minimum Gasteiger partial charge on any atom is -0.216 e. The molecule has 0 heterocycles. The lowest BCUT2D eigenvalue weighted by Crippen LogP contribution is -2.13. The molecule has 0 saturated heterocycles. The zero-order valence-corrected chi connectivity index (χ0v) is 11.2. The Morgan fingerprint density at radius 2 is 1.78 bits per heavy atom. The van der Waals surface area contributed by atoms with Crippen LogP contribution in [0.3, 0.4) is 0 Å². The number of aryl methyl sites for hydroxylation is 1. The first-order valence-corrected chi connectivity index (χ1v) is 7.11. The molecule has 0 bridgehead atoms. The van der Waals surface area contributed by atoms with Gasteiger partial charge in [0.1, 0.15) is 0 Å². The van der Waals surface area contributed by atoms with E-state index >= 15 is 0 Å². The first kappa shape index (κ1) is 13.3. The van der Waals surface area contributed by atoms with Crippen molar-refractivity contribution in [2.24, 2.45) is 5.92 Å². The molecule has 1 aliphatic carbocycles. The Hall–Kier alpha value is -1.11. The summed E-state index contributed by atoms with van der Waals surface area (Å²) in [5.41, 5.74) is 2.84. The highest BCUT2D eigenvalue weighted by molar-refractivity contribution is 5.24. The Balaban J connectivity index is 1.81. The first-order chi connectivity index (χ1) is 8.79. The minimum atomic E-state index is 0.679. The topological polar surface area (TPSA) is 0 Å². The van der Waals surface area contributed by atoms with Gasteiger partial charge >= 0.3 is 0 Å². The van der Waals surface area contributed by atoms with Crippen molar-refractivity contribution < 1.29 is 4.39 Å². The van der Waals surface area contributed by atoms with Gasteiger partial charge in [0.15, 0.2) is 0 Å². The second kappa shape index (κ2) is 6.72. The average Bonchev–Trinajstić information content (AvgIpc) is 2.41. The number of halogens is 1. The molecule has 18 heavy (non-hydrogen) atoms. The van der Waals surface area contributed by atoms with E-state index in [1.165, 1.54) is 36.8 Å². The molecule has 98 valence electrons. The third-order valence-electron chi connectivity index (χ3n) is 4.23. The van der Waals surface area contributed by atoms with Gasteiger partial charge in [-0.2, -0.15) is 0 Å². The van der Waals surface area contributed by atoms with E-state index in [2.05, 4.69) is 31.2 Å². The number of allylic oxidation sites excluding steroid dienone is 1. The van der Waals surface area contributed by atoms with Crippen molar-refractivity contribution in [1.82, 2.24) is 0 Å². The maximum Gasteiger partial charge on any atom is 0.0827 e. The van der Waals surface area contributed by atoms with E-state index < -0.39 is 0 Å². The highest BCUT2D eigenvalue weighted by Crippen LogP contribution is 2.37. The molecule has 0 N–H and O–H groups in total. The van der Waals surface area contributed by atoms with Crippen molar-refractivity contribution >= 4 is 0 Å². The van der Waals surface area contributed by atoms with Gasteiger partial charge in [0.05, 0.1) is 6.33 Å². The minimum absolute atomic E-state index is 0.679. The lowest BCUT2D eigenvalue weighted by molar-refractivity contribution is 0.311. The van der Waals surface area contributed by atoms with Crippen LogP contribution >= 0.6 is 0 Å². The molecular formula is C17H23F. The standard InChI is InChI=1S/C17H23F/c1-14-5-9-16(10-6-14)17-11-7-15(8-12-17)4-2-3-13-18/h3,5-6,9-10,13,15,17H,2,4,7-8,11-12H2,1H3/b13-3+. The van der Waals surface area contributed by atoms with Gasteiger partial charge in [0.25, 0.3) is 0 Å². The zero-order chi connectivity index (χ0) is 12.8. The van der Waals surface area contributed by atoms with Crippen molar-refractivity contribution in [3.05, 3.63) is 47.8 Å². The quantitative estimate of drug-likeness (QED) is 0.655. The molecule has 0 radical (unpaired) electrons. The molecule has 0 aromatic heterocycles. The maximum atomic E-state index is 11.9. The van der Waals surface area contributed by atoms with E-state index in [4.69, 9.17) is 0 Å². The lowest BCUT2D eigenvalue weighted by Gasteiger charge is -2.28. The summed E-state index contributed by atoms with van der Waals surface area (Å²) in [5, 5.41) is 0. The number of benzene rings is 1. The summed E-state index contributed by atoms with van der Waals surface area (Å²) in [6.45, 7) is 2.14. The van der Waals surface area contributed by atoms with E-state index in [0.29, 0.717) is 6.33 Å². The van der Waals surface area contributed by atoms with E-state index in [9.17, 15) is 4.39 Å². The van der Waals surface area contributed by atoms with Crippen LogP contribution in [0.1, 0.15) is 55.6 Å². The van der Waals surface area contributed by atoms with Gasteiger partial charge in [-0.15, -0.1) is 0 Å². The Morgan fingerprint density at radius 1 is 1.11 bits per heavy atom. The summed E-state index contributed by atoms with van der Waals surface area (Å²) in [5.74, 6) is 1.56. The van der Waals surface area contributed by atoms with E-state index in [0.717, 1.165) is 24.7 Å². The normalized spacial score (nSPS) is 24.6. The van der Waals surface area contributed by atoms with Crippen LogP contribution in [0.2, 0.25) is 0 Å². The van der Waals surface area contributed by atoms with Crippen LogP contribution in [0.4, 0.5) is 4.39 Å². The second-order valence-electron chi connectivity index (χ2n) is 5.57. The highest BCUT2D eigenvalue weighted by Gasteiger charge is 2.21. The molecular weight excluding hydrogens is 223 g/mol. The number of rotatable bonds is 4. The van der Waals surface area contributed by atoms with Crippen molar-refractivity contribution in [2.75, 3.05) is 0 Å². The molecule has 1 aromatic carbocycles. The van der Waals surface area contributed by atoms with Gasteiger partial charge in [0.2, 0.25) is 0 Å². The number of hydrogen-bond acceptors (Lipinski definition) is 0. The Labute approximate surface area is 110 Å². The van der Waals surface area contributed by atoms with E-state index in [1.54, 1.807) is 6.08 Å². The van der Waals surface area contributed by atoms with Gasteiger partial charge in [-0.25, -0.2) is 4.39 Å². The molecule has 0 aliphatic heterocycles. The lowest BCUT2D eigenvalue weighted by atomic mass is 9.77. The number of hydrogen-bond donors (Lipinski definition) is 0. The Bertz CT molecular complexity index is 369. The molecule has 0 unspecified atom stereocenters. The SMILES string of the molecule is Cc1ccc(C2CCC(CC/C=C/F)CC2)cc1. The maximum absolute atomic E-state index is 11.9. The van der Waals surface area contributed by atoms with Crippen LogP contribution in [0.15, 0.2) is 36.7 Å². The molecule has 2 rings (SSSR count). The van der Waals surface area contributed by atoms with Crippen molar-refractivity contribution in [3.8, 4) is 0 Å². The summed E-state index contributed by atoms with van der Waals surface area (Å²) in [7, 11) is 0. The van der Waals surface area contributed by atoms with Crippen LogP contribution in [0.5, 0.6) is 0 Å². The molecule has 1 aliphatic rings. The molecule has 0 amide bonds. The summed E-state index contributed by atoms with van der Waals surface area (Å²) in [4.78, 5) is 0. The fraction of sp³-hybridized carbons (Fsp3) is 0.529. The molecule has 1 saturated carbocycles. The van der Waals surface area contributed by atoms with Gasteiger partial charge in [-0.05, 0) is 62.8 Å². The Morgan fingerprint density at radius 3 is 2.39 bits per heavy atom. The van der Waals surface area contributed by atoms with Crippen LogP contribution in [0, 0.1) is 12.8 Å². The van der Waals surface area contributed by atoms with Crippen LogP contribution < -0.4 is 0 Å². The van der Waals surface area contributed by atoms with Gasteiger partial charge in [-0.3, -0.25) is 0 Å². The third-order valence-corrected chi connectivity index (χ3v) is 4.23. The van der Waals surface area contributed by atoms with E-state index in [1.807, 2.05) is 0 Å².